The first-order valence-corrected chi connectivity index (χ1v) is 6.88. The highest BCUT2D eigenvalue weighted by Gasteiger charge is 2.17. The molecule has 0 amide bonds. The van der Waals surface area contributed by atoms with Crippen molar-refractivity contribution in [2.75, 3.05) is 6.61 Å². The molecular weight excluding hydrogens is 290 g/mol. The Balaban J connectivity index is 2.47. The second kappa shape index (κ2) is 5.65. The van der Waals surface area contributed by atoms with Crippen LogP contribution in [0.4, 0.5) is 0 Å². The first-order valence-electron chi connectivity index (χ1n) is 5.28. The average molecular weight is 300 g/mol. The zero-order chi connectivity index (χ0) is 13.1. The van der Waals surface area contributed by atoms with Crippen LogP contribution >= 0.6 is 35.2 Å². The van der Waals surface area contributed by atoms with E-state index in [1.165, 1.54) is 11.3 Å². The van der Waals surface area contributed by atoms with Gasteiger partial charge in [0.1, 0.15) is 5.69 Å². The van der Waals surface area contributed by atoms with Crippen LogP contribution in [-0.2, 0) is 4.74 Å². The van der Waals surface area contributed by atoms with Crippen molar-refractivity contribution < 1.29 is 9.53 Å². The van der Waals surface area contributed by atoms with Gasteiger partial charge in [-0.1, -0.05) is 23.7 Å². The van der Waals surface area contributed by atoms with Crippen molar-refractivity contribution in [3.05, 3.63) is 38.9 Å². The van der Waals surface area contributed by atoms with Crippen LogP contribution in [-0.4, -0.2) is 17.6 Å². The molecule has 94 valence electrons. The second-order valence-electron chi connectivity index (χ2n) is 3.45. The lowest BCUT2D eigenvalue weighted by Gasteiger charge is -2.03. The summed E-state index contributed by atoms with van der Waals surface area (Å²) in [5, 5.41) is 0.649. The predicted molar refractivity (Wildman–Crippen MR) is 75.9 cm³/mol. The third kappa shape index (κ3) is 2.80. The molecular formula is C12H10ClNO2S2. The van der Waals surface area contributed by atoms with E-state index >= 15 is 0 Å². The average Bonchev–Trinajstić information content (AvgIpc) is 2.73. The minimum Gasteiger partial charge on any atom is -0.461 e. The van der Waals surface area contributed by atoms with E-state index in [-0.39, 0.29) is 0 Å². The van der Waals surface area contributed by atoms with Crippen LogP contribution in [0.15, 0.2) is 24.3 Å². The number of esters is 1. The van der Waals surface area contributed by atoms with Gasteiger partial charge in [0, 0.05) is 5.02 Å². The molecule has 0 saturated heterocycles. The lowest BCUT2D eigenvalue weighted by molar-refractivity contribution is 0.0521. The molecule has 1 aromatic carbocycles. The molecule has 1 N–H and O–H groups in total. The van der Waals surface area contributed by atoms with Gasteiger partial charge in [0.2, 0.25) is 0 Å². The predicted octanol–water partition coefficient (Wildman–Crippen LogP) is 4.30. The lowest BCUT2D eigenvalue weighted by atomic mass is 10.1. The number of aromatic nitrogens is 1. The number of hydrogen-bond donors (Lipinski definition) is 1. The van der Waals surface area contributed by atoms with E-state index in [4.69, 9.17) is 28.6 Å². The minimum atomic E-state index is -0.394. The van der Waals surface area contributed by atoms with Crippen LogP contribution in [0.1, 0.15) is 17.4 Å². The molecule has 0 unspecified atom stereocenters. The number of benzene rings is 1. The van der Waals surface area contributed by atoms with E-state index in [9.17, 15) is 4.79 Å². The fourth-order valence-electron chi connectivity index (χ4n) is 1.48. The molecule has 2 aromatic rings. The first-order chi connectivity index (χ1) is 8.61. The van der Waals surface area contributed by atoms with Gasteiger partial charge in [-0.15, -0.1) is 11.3 Å². The maximum atomic E-state index is 11.8. The van der Waals surface area contributed by atoms with Crippen LogP contribution in [0.25, 0.3) is 10.4 Å². The van der Waals surface area contributed by atoms with Crippen LogP contribution in [0.3, 0.4) is 0 Å². The standard InChI is InChI=1S/C12H10ClNO2S2/c1-2-16-11(15)9-10(18-12(17)14-9)7-3-5-8(13)6-4-7/h3-6H,2H2,1H3,(H,14,17). The maximum absolute atomic E-state index is 11.8. The van der Waals surface area contributed by atoms with Crippen LogP contribution in [0.5, 0.6) is 0 Å². The van der Waals surface area contributed by atoms with Crippen molar-refractivity contribution in [3.8, 4) is 10.4 Å². The number of carbonyl (C=O) groups excluding carboxylic acids is 1. The summed E-state index contributed by atoms with van der Waals surface area (Å²) in [5.41, 5.74) is 1.29. The largest absolute Gasteiger partial charge is 0.461 e. The molecule has 0 radical (unpaired) electrons. The summed E-state index contributed by atoms with van der Waals surface area (Å²) in [7, 11) is 0. The van der Waals surface area contributed by atoms with Crippen molar-refractivity contribution in [2.24, 2.45) is 0 Å². The molecule has 6 heteroatoms. The van der Waals surface area contributed by atoms with Gasteiger partial charge in [0.05, 0.1) is 11.5 Å². The van der Waals surface area contributed by atoms with E-state index < -0.39 is 5.97 Å². The van der Waals surface area contributed by atoms with E-state index in [0.29, 0.717) is 21.3 Å². The molecule has 1 aromatic heterocycles. The van der Waals surface area contributed by atoms with Gasteiger partial charge < -0.3 is 9.72 Å². The van der Waals surface area contributed by atoms with E-state index in [0.717, 1.165) is 10.4 Å². The molecule has 2 rings (SSSR count). The number of rotatable bonds is 3. The van der Waals surface area contributed by atoms with E-state index in [2.05, 4.69) is 4.98 Å². The zero-order valence-corrected chi connectivity index (χ0v) is 11.9. The Morgan fingerprint density at radius 1 is 1.44 bits per heavy atom. The SMILES string of the molecule is CCOC(=O)c1[nH]c(=S)sc1-c1ccc(Cl)cc1. The highest BCUT2D eigenvalue weighted by Crippen LogP contribution is 2.30. The number of carbonyl (C=O) groups is 1. The molecule has 0 fully saturated rings. The Bertz CT molecular complexity index is 616. The third-order valence-electron chi connectivity index (χ3n) is 2.23. The molecule has 18 heavy (non-hydrogen) atoms. The monoisotopic (exact) mass is 299 g/mol. The molecule has 1 heterocycles. The zero-order valence-electron chi connectivity index (χ0n) is 9.53. The Kier molecular flexibility index (Phi) is 4.16. The highest BCUT2D eigenvalue weighted by molar-refractivity contribution is 7.73. The second-order valence-corrected chi connectivity index (χ2v) is 5.57. The van der Waals surface area contributed by atoms with Gasteiger partial charge in [-0.05, 0) is 36.8 Å². The summed E-state index contributed by atoms with van der Waals surface area (Å²) in [6.45, 7) is 2.09. The maximum Gasteiger partial charge on any atom is 0.356 e. The fraction of sp³-hybridized carbons (Fsp3) is 0.167. The molecule has 0 saturated carbocycles. The van der Waals surface area contributed by atoms with Crippen molar-refractivity contribution in [2.45, 2.75) is 6.92 Å². The Morgan fingerprint density at radius 2 is 2.11 bits per heavy atom. The molecule has 3 nitrogen and oxygen atoms in total. The Morgan fingerprint density at radius 3 is 2.72 bits per heavy atom. The summed E-state index contributed by atoms with van der Waals surface area (Å²) >= 11 is 12.3. The Labute approximate surface area is 118 Å². The van der Waals surface area contributed by atoms with Crippen molar-refractivity contribution in [1.82, 2.24) is 4.98 Å². The number of hydrogen-bond acceptors (Lipinski definition) is 4. The molecule has 0 aliphatic rings. The van der Waals surface area contributed by atoms with E-state index in [1.807, 2.05) is 12.1 Å². The van der Waals surface area contributed by atoms with Gasteiger partial charge in [-0.2, -0.15) is 0 Å². The normalized spacial score (nSPS) is 10.3. The lowest BCUT2D eigenvalue weighted by Crippen LogP contribution is -2.06. The molecule has 0 aliphatic carbocycles. The number of H-pyrrole nitrogens is 1. The summed E-state index contributed by atoms with van der Waals surface area (Å²) in [6, 6.07) is 7.24. The van der Waals surface area contributed by atoms with Crippen LogP contribution in [0.2, 0.25) is 5.02 Å². The van der Waals surface area contributed by atoms with E-state index in [1.54, 1.807) is 19.1 Å². The van der Waals surface area contributed by atoms with Crippen molar-refractivity contribution in [1.29, 1.82) is 0 Å². The van der Waals surface area contributed by atoms with Crippen LogP contribution in [0, 0.1) is 3.95 Å². The number of nitrogens with one attached hydrogen (secondary N) is 1. The molecule has 0 bridgehead atoms. The first kappa shape index (κ1) is 13.3. The summed E-state index contributed by atoms with van der Waals surface area (Å²) in [4.78, 5) is 15.4. The quantitative estimate of drug-likeness (QED) is 0.678. The van der Waals surface area contributed by atoms with Gasteiger partial charge in [0.15, 0.2) is 3.95 Å². The molecule has 0 atom stereocenters. The number of ether oxygens (including phenoxy) is 1. The van der Waals surface area contributed by atoms with Gasteiger partial charge >= 0.3 is 5.97 Å². The minimum absolute atomic E-state index is 0.329. The highest BCUT2D eigenvalue weighted by atomic mass is 35.5. The van der Waals surface area contributed by atoms with Gasteiger partial charge in [0.25, 0.3) is 0 Å². The summed E-state index contributed by atoms with van der Waals surface area (Å²) in [5.74, 6) is -0.394. The van der Waals surface area contributed by atoms with Crippen LogP contribution < -0.4 is 0 Å². The summed E-state index contributed by atoms with van der Waals surface area (Å²) < 4.78 is 5.54. The van der Waals surface area contributed by atoms with Crippen molar-refractivity contribution in [3.63, 3.8) is 0 Å². The van der Waals surface area contributed by atoms with Crippen molar-refractivity contribution >= 4 is 41.1 Å². The topological polar surface area (TPSA) is 42.1 Å². The summed E-state index contributed by atoms with van der Waals surface area (Å²) in [6.07, 6.45) is 0. The van der Waals surface area contributed by atoms with Gasteiger partial charge in [-0.25, -0.2) is 4.79 Å². The fourth-order valence-corrected chi connectivity index (χ4v) is 2.79. The number of aromatic amines is 1. The Hall–Kier alpha value is -1.17. The molecule has 0 spiro atoms. The molecule has 0 aliphatic heterocycles. The van der Waals surface area contributed by atoms with Gasteiger partial charge in [-0.3, -0.25) is 0 Å². The smallest absolute Gasteiger partial charge is 0.356 e. The third-order valence-corrected chi connectivity index (χ3v) is 3.77. The number of halogens is 1. The number of thiazole rings is 1.